The van der Waals surface area contributed by atoms with Gasteiger partial charge in [0.1, 0.15) is 5.78 Å². The summed E-state index contributed by atoms with van der Waals surface area (Å²) in [5.41, 5.74) is 1.45. The zero-order valence-corrected chi connectivity index (χ0v) is 6.86. The molecule has 3 aliphatic carbocycles. The molecule has 0 heterocycles. The van der Waals surface area contributed by atoms with Crippen molar-refractivity contribution in [1.82, 2.24) is 0 Å². The van der Waals surface area contributed by atoms with Crippen molar-refractivity contribution in [3.8, 4) is 0 Å². The van der Waals surface area contributed by atoms with E-state index < -0.39 is 0 Å². The number of rotatable bonds is 0. The van der Waals surface area contributed by atoms with E-state index in [0.717, 1.165) is 12.8 Å². The molecule has 3 rings (SSSR count). The smallest absolute Gasteiger partial charge is 0.137 e. The predicted molar refractivity (Wildman–Crippen MR) is 43.4 cm³/mol. The first kappa shape index (κ1) is 6.84. The van der Waals surface area contributed by atoms with Crippen molar-refractivity contribution in [2.45, 2.75) is 25.4 Å². The summed E-state index contributed by atoms with van der Waals surface area (Å²) in [5.74, 6) is 1.40. The molecule has 64 valence electrons. The highest BCUT2D eigenvalue weighted by atomic mass is 16.3. The number of hydrogen-bond donors (Lipinski definition) is 1. The number of carbonyl (C=O) groups is 1. The van der Waals surface area contributed by atoms with Crippen molar-refractivity contribution in [2.24, 2.45) is 17.8 Å². The van der Waals surface area contributed by atoms with Gasteiger partial charge in [0.05, 0.1) is 6.10 Å². The minimum Gasteiger partial charge on any atom is -0.392 e. The molecular formula is C10H12O2. The quantitative estimate of drug-likeness (QED) is 0.540. The lowest BCUT2D eigenvalue weighted by Crippen LogP contribution is -2.38. The molecule has 0 aromatic heterocycles. The number of aliphatic hydroxyl groups excluding tert-OH is 1. The van der Waals surface area contributed by atoms with Crippen LogP contribution in [0.1, 0.15) is 19.3 Å². The second-order valence-electron chi connectivity index (χ2n) is 4.25. The van der Waals surface area contributed by atoms with Crippen LogP contribution in [0.2, 0.25) is 0 Å². The molecule has 12 heavy (non-hydrogen) atoms. The lowest BCUT2D eigenvalue weighted by molar-refractivity contribution is -0.122. The van der Waals surface area contributed by atoms with E-state index in [1.165, 1.54) is 5.57 Å². The maximum absolute atomic E-state index is 11.4. The fourth-order valence-corrected chi connectivity index (χ4v) is 3.05. The van der Waals surface area contributed by atoms with Crippen LogP contribution in [-0.2, 0) is 4.79 Å². The van der Waals surface area contributed by atoms with Crippen LogP contribution < -0.4 is 0 Å². The van der Waals surface area contributed by atoms with Gasteiger partial charge in [0.2, 0.25) is 0 Å². The van der Waals surface area contributed by atoms with Gasteiger partial charge in [0.15, 0.2) is 0 Å². The molecule has 2 heteroatoms. The fraction of sp³-hybridized carbons (Fsp3) is 0.700. The van der Waals surface area contributed by atoms with E-state index in [1.54, 1.807) is 0 Å². The summed E-state index contributed by atoms with van der Waals surface area (Å²) < 4.78 is 0. The second kappa shape index (κ2) is 1.99. The highest BCUT2D eigenvalue weighted by Gasteiger charge is 2.54. The number of ketones is 1. The zero-order chi connectivity index (χ0) is 8.29. The third-order valence-corrected chi connectivity index (χ3v) is 3.74. The van der Waals surface area contributed by atoms with Gasteiger partial charge in [0, 0.05) is 12.3 Å². The molecule has 0 bridgehead atoms. The molecule has 0 aromatic carbocycles. The Balaban J connectivity index is 2.01. The first-order chi connectivity index (χ1) is 5.77. The number of hydrogen-bond acceptors (Lipinski definition) is 2. The molecule has 2 nitrogen and oxygen atoms in total. The average Bonchev–Trinajstić information content (AvgIpc) is 2.24. The van der Waals surface area contributed by atoms with Crippen LogP contribution in [0.25, 0.3) is 0 Å². The normalized spacial score (nSPS) is 49.8. The molecule has 2 saturated carbocycles. The van der Waals surface area contributed by atoms with Gasteiger partial charge in [-0.3, -0.25) is 4.79 Å². The molecule has 4 unspecified atom stereocenters. The Bertz CT molecular complexity index is 280. The summed E-state index contributed by atoms with van der Waals surface area (Å²) in [7, 11) is 0. The van der Waals surface area contributed by atoms with E-state index in [2.05, 4.69) is 6.08 Å². The van der Waals surface area contributed by atoms with E-state index >= 15 is 0 Å². The summed E-state index contributed by atoms with van der Waals surface area (Å²) in [6.07, 6.45) is 4.30. The third-order valence-electron chi connectivity index (χ3n) is 3.74. The molecule has 1 N–H and O–H groups in total. The van der Waals surface area contributed by atoms with Gasteiger partial charge >= 0.3 is 0 Å². The first-order valence-electron chi connectivity index (χ1n) is 4.67. The average molecular weight is 164 g/mol. The molecule has 0 amide bonds. The number of aliphatic hydroxyl groups is 1. The summed E-state index contributed by atoms with van der Waals surface area (Å²) in [6, 6.07) is 0. The standard InChI is InChI=1S/C10H12O2/c11-8-2-1-5-3-6-9(12)4-7(8)10(5)6/h1,6-8,10-11H,2-4H2. The lowest BCUT2D eigenvalue weighted by atomic mass is 9.64. The van der Waals surface area contributed by atoms with Gasteiger partial charge < -0.3 is 5.11 Å². The van der Waals surface area contributed by atoms with Crippen LogP contribution in [0.5, 0.6) is 0 Å². The Hall–Kier alpha value is -0.630. The van der Waals surface area contributed by atoms with Crippen molar-refractivity contribution in [2.75, 3.05) is 0 Å². The highest BCUT2D eigenvalue weighted by Crippen LogP contribution is 2.55. The van der Waals surface area contributed by atoms with Crippen molar-refractivity contribution in [3.05, 3.63) is 11.6 Å². The van der Waals surface area contributed by atoms with Crippen LogP contribution in [-0.4, -0.2) is 17.0 Å². The van der Waals surface area contributed by atoms with E-state index in [1.807, 2.05) is 0 Å². The van der Waals surface area contributed by atoms with Crippen molar-refractivity contribution in [3.63, 3.8) is 0 Å². The molecule has 4 atom stereocenters. The van der Waals surface area contributed by atoms with Crippen LogP contribution in [0.15, 0.2) is 11.6 Å². The molecule has 0 radical (unpaired) electrons. The molecule has 0 aliphatic heterocycles. The highest BCUT2D eigenvalue weighted by molar-refractivity contribution is 5.87. The minimum absolute atomic E-state index is 0.243. The summed E-state index contributed by atoms with van der Waals surface area (Å²) in [5, 5.41) is 9.64. The summed E-state index contributed by atoms with van der Waals surface area (Å²) >= 11 is 0. The van der Waals surface area contributed by atoms with Crippen LogP contribution >= 0.6 is 0 Å². The second-order valence-corrected chi connectivity index (χ2v) is 4.25. The predicted octanol–water partition coefficient (Wildman–Crippen LogP) is 0.903. The Labute approximate surface area is 71.3 Å². The van der Waals surface area contributed by atoms with E-state index in [4.69, 9.17) is 0 Å². The van der Waals surface area contributed by atoms with E-state index in [-0.39, 0.29) is 17.9 Å². The SMILES string of the molecule is O=C1CC2C(O)CC=C3CC1C32. The largest absolute Gasteiger partial charge is 0.392 e. The number of allylic oxidation sites excluding steroid dienone is 1. The van der Waals surface area contributed by atoms with Gasteiger partial charge in [-0.15, -0.1) is 0 Å². The fourth-order valence-electron chi connectivity index (χ4n) is 3.05. The van der Waals surface area contributed by atoms with Gasteiger partial charge in [-0.25, -0.2) is 0 Å². The Morgan fingerprint density at radius 3 is 3.00 bits per heavy atom. The third kappa shape index (κ3) is 0.626. The summed E-state index contributed by atoms with van der Waals surface area (Å²) in [4.78, 5) is 11.4. The Morgan fingerprint density at radius 1 is 1.42 bits per heavy atom. The maximum atomic E-state index is 11.4. The monoisotopic (exact) mass is 164 g/mol. The molecule has 0 spiro atoms. The van der Waals surface area contributed by atoms with E-state index in [0.29, 0.717) is 18.1 Å². The van der Waals surface area contributed by atoms with Gasteiger partial charge in [0.25, 0.3) is 0 Å². The topological polar surface area (TPSA) is 37.3 Å². The van der Waals surface area contributed by atoms with Crippen molar-refractivity contribution < 1.29 is 9.90 Å². The van der Waals surface area contributed by atoms with Crippen molar-refractivity contribution >= 4 is 5.78 Å². The number of carbonyl (C=O) groups excluding carboxylic acids is 1. The van der Waals surface area contributed by atoms with Gasteiger partial charge in [-0.05, 0) is 24.7 Å². The maximum Gasteiger partial charge on any atom is 0.137 e. The Morgan fingerprint density at radius 2 is 2.25 bits per heavy atom. The minimum atomic E-state index is -0.243. The number of Topliss-reactive ketones (excluding diaryl/α,β-unsaturated/α-hetero) is 1. The van der Waals surface area contributed by atoms with Crippen LogP contribution in [0, 0.1) is 17.8 Å². The zero-order valence-electron chi connectivity index (χ0n) is 6.86. The van der Waals surface area contributed by atoms with Crippen LogP contribution in [0.3, 0.4) is 0 Å². The van der Waals surface area contributed by atoms with Gasteiger partial charge in [-0.2, -0.15) is 0 Å². The molecule has 2 fully saturated rings. The molecule has 3 aliphatic rings. The Kier molecular flexibility index (Phi) is 1.14. The summed E-state index contributed by atoms with van der Waals surface area (Å²) in [6.45, 7) is 0. The molecular weight excluding hydrogens is 152 g/mol. The van der Waals surface area contributed by atoms with Crippen molar-refractivity contribution in [1.29, 1.82) is 0 Å². The first-order valence-corrected chi connectivity index (χ1v) is 4.67. The van der Waals surface area contributed by atoms with Gasteiger partial charge in [-0.1, -0.05) is 11.6 Å². The molecule has 0 aromatic rings. The van der Waals surface area contributed by atoms with Crippen LogP contribution in [0.4, 0.5) is 0 Å². The molecule has 0 saturated heterocycles. The lowest BCUT2D eigenvalue weighted by Gasteiger charge is -2.41. The van der Waals surface area contributed by atoms with E-state index in [9.17, 15) is 9.90 Å².